The number of benzene rings is 1. The first kappa shape index (κ1) is 20.1. The van der Waals surface area contributed by atoms with Gasteiger partial charge in [0.15, 0.2) is 0 Å². The summed E-state index contributed by atoms with van der Waals surface area (Å²) in [6.45, 7) is 9.34. The maximum Gasteiger partial charge on any atom is 0.262 e. The average Bonchev–Trinajstić information content (AvgIpc) is 2.97. The summed E-state index contributed by atoms with van der Waals surface area (Å²) in [5, 5.41) is 5.60. The number of nitrogens with one attached hydrogen (secondary N) is 2. The molecule has 9 heteroatoms. The molecule has 0 bridgehead atoms. The molecular weight excluding hydrogens is 398 g/mol. The van der Waals surface area contributed by atoms with E-state index in [0.29, 0.717) is 11.1 Å². The first-order valence-corrected chi connectivity index (χ1v) is 10.9. The Labute approximate surface area is 180 Å². The second-order valence-electron chi connectivity index (χ2n) is 9.37. The second kappa shape index (κ2) is 7.42. The summed E-state index contributed by atoms with van der Waals surface area (Å²) < 4.78 is 0. The van der Waals surface area contributed by atoms with Gasteiger partial charge in [0.1, 0.15) is 6.04 Å². The van der Waals surface area contributed by atoms with Gasteiger partial charge in [0.25, 0.3) is 11.8 Å². The average molecular weight is 425 g/mol. The number of amides is 4. The van der Waals surface area contributed by atoms with Gasteiger partial charge < -0.3 is 15.1 Å². The minimum absolute atomic E-state index is 0.120. The molecule has 2 N–H and O–H groups in total. The van der Waals surface area contributed by atoms with Gasteiger partial charge in [-0.2, -0.15) is 0 Å². The maximum atomic E-state index is 13.0. The van der Waals surface area contributed by atoms with Crippen molar-refractivity contribution in [3.63, 3.8) is 0 Å². The van der Waals surface area contributed by atoms with E-state index < -0.39 is 23.8 Å². The van der Waals surface area contributed by atoms with E-state index in [4.69, 9.17) is 0 Å². The van der Waals surface area contributed by atoms with Crippen LogP contribution in [0.2, 0.25) is 0 Å². The molecule has 5 rings (SSSR count). The van der Waals surface area contributed by atoms with Crippen LogP contribution in [0.1, 0.15) is 40.5 Å². The number of hydrogen-bond donors (Lipinski definition) is 2. The van der Waals surface area contributed by atoms with Crippen molar-refractivity contribution in [1.29, 1.82) is 0 Å². The smallest absolute Gasteiger partial charge is 0.262 e. The lowest BCUT2D eigenvalue weighted by Crippen LogP contribution is -2.61. The zero-order valence-electron chi connectivity index (χ0n) is 17.6. The Kier molecular flexibility index (Phi) is 4.82. The molecule has 0 spiro atoms. The number of imide groups is 2. The van der Waals surface area contributed by atoms with Crippen molar-refractivity contribution >= 4 is 29.3 Å². The van der Waals surface area contributed by atoms with E-state index in [9.17, 15) is 19.2 Å². The third kappa shape index (κ3) is 3.51. The minimum atomic E-state index is -0.931. The highest BCUT2D eigenvalue weighted by Crippen LogP contribution is 2.37. The van der Waals surface area contributed by atoms with Gasteiger partial charge in [-0.15, -0.1) is 0 Å². The monoisotopic (exact) mass is 425 g/mol. The van der Waals surface area contributed by atoms with E-state index in [1.165, 1.54) is 0 Å². The second-order valence-corrected chi connectivity index (χ2v) is 9.37. The molecular formula is C22H27N5O4. The van der Waals surface area contributed by atoms with Crippen molar-refractivity contribution in [3.8, 4) is 0 Å². The van der Waals surface area contributed by atoms with Gasteiger partial charge in [-0.3, -0.25) is 29.4 Å². The summed E-state index contributed by atoms with van der Waals surface area (Å²) >= 11 is 0. The number of carbonyl (C=O) groups excluding carboxylic acids is 4. The molecule has 164 valence electrons. The Balaban J connectivity index is 1.29. The van der Waals surface area contributed by atoms with Crippen molar-refractivity contribution in [2.75, 3.05) is 50.7 Å². The largest absolute Gasteiger partial charge is 0.370 e. The Morgan fingerprint density at radius 1 is 1.03 bits per heavy atom. The van der Waals surface area contributed by atoms with E-state index in [2.05, 4.69) is 27.4 Å². The van der Waals surface area contributed by atoms with Crippen molar-refractivity contribution in [2.24, 2.45) is 5.41 Å². The highest BCUT2D eigenvalue weighted by molar-refractivity contribution is 6.23. The molecule has 1 aromatic carbocycles. The number of rotatable bonds is 4. The van der Waals surface area contributed by atoms with E-state index in [0.717, 1.165) is 56.4 Å². The molecule has 1 atom stereocenters. The number of piperidine rings is 1. The molecule has 0 aliphatic carbocycles. The normalized spacial score (nSPS) is 26.0. The molecule has 1 unspecified atom stereocenters. The van der Waals surface area contributed by atoms with Crippen molar-refractivity contribution in [2.45, 2.75) is 25.8 Å². The fraction of sp³-hybridized carbons (Fsp3) is 0.545. The standard InChI is InChI=1S/C22H27N5O4/c1-22(11-25-8-6-23-7-9-25)12-26(13-22)14-2-3-15-16(10-14)21(31)27(20(15)30)17-4-5-18(28)24-19(17)29/h2-3,10,17,23H,4-9,11-13H2,1H3,(H,24,28,29). The third-order valence-electron chi connectivity index (χ3n) is 6.75. The molecule has 0 aromatic heterocycles. The molecule has 4 aliphatic rings. The molecule has 31 heavy (non-hydrogen) atoms. The van der Waals surface area contributed by atoms with Crippen LogP contribution >= 0.6 is 0 Å². The summed E-state index contributed by atoms with van der Waals surface area (Å²) in [5.41, 5.74) is 1.78. The molecule has 0 saturated carbocycles. The van der Waals surface area contributed by atoms with Crippen LogP contribution < -0.4 is 15.5 Å². The zero-order chi connectivity index (χ0) is 21.8. The van der Waals surface area contributed by atoms with Gasteiger partial charge in [0.2, 0.25) is 11.8 Å². The maximum absolute atomic E-state index is 13.0. The lowest BCUT2D eigenvalue weighted by molar-refractivity contribution is -0.136. The molecule has 4 heterocycles. The summed E-state index contributed by atoms with van der Waals surface area (Å²) in [5.74, 6) is -1.88. The number of anilines is 1. The molecule has 3 saturated heterocycles. The van der Waals surface area contributed by atoms with Gasteiger partial charge in [-0.05, 0) is 24.6 Å². The predicted octanol–water partition coefficient (Wildman–Crippen LogP) is -0.181. The minimum Gasteiger partial charge on any atom is -0.370 e. The van der Waals surface area contributed by atoms with E-state index in [1.54, 1.807) is 12.1 Å². The fourth-order valence-electron chi connectivity index (χ4n) is 5.22. The zero-order valence-corrected chi connectivity index (χ0v) is 17.6. The summed E-state index contributed by atoms with van der Waals surface area (Å²) in [6.07, 6.45) is 0.286. The summed E-state index contributed by atoms with van der Waals surface area (Å²) in [7, 11) is 0. The third-order valence-corrected chi connectivity index (χ3v) is 6.75. The SMILES string of the molecule is CC1(CN2CCNCC2)CN(c2ccc3c(c2)C(=O)N(C2CCC(=O)NC2=O)C3=O)C1. The predicted molar refractivity (Wildman–Crippen MR) is 113 cm³/mol. The van der Waals surface area contributed by atoms with Gasteiger partial charge in [0, 0.05) is 63.3 Å². The Hall–Kier alpha value is -2.78. The number of carbonyl (C=O) groups is 4. The lowest BCUT2D eigenvalue weighted by atomic mass is 9.80. The van der Waals surface area contributed by atoms with Crippen LogP contribution in [0.15, 0.2) is 18.2 Å². The number of piperazine rings is 1. The van der Waals surface area contributed by atoms with Crippen LogP contribution in [0.3, 0.4) is 0 Å². The van der Waals surface area contributed by atoms with Crippen LogP contribution in [0.5, 0.6) is 0 Å². The quantitative estimate of drug-likeness (QED) is 0.645. The first-order chi connectivity index (χ1) is 14.8. The van der Waals surface area contributed by atoms with Gasteiger partial charge in [-0.1, -0.05) is 6.92 Å². The Morgan fingerprint density at radius 2 is 1.74 bits per heavy atom. The van der Waals surface area contributed by atoms with E-state index in [1.807, 2.05) is 6.07 Å². The van der Waals surface area contributed by atoms with Crippen molar-refractivity contribution in [3.05, 3.63) is 29.3 Å². The topological polar surface area (TPSA) is 102 Å². The Morgan fingerprint density at radius 3 is 2.45 bits per heavy atom. The van der Waals surface area contributed by atoms with Gasteiger partial charge in [0.05, 0.1) is 11.1 Å². The van der Waals surface area contributed by atoms with Crippen molar-refractivity contribution in [1.82, 2.24) is 20.4 Å². The summed E-state index contributed by atoms with van der Waals surface area (Å²) in [4.78, 5) is 55.2. The van der Waals surface area contributed by atoms with Gasteiger partial charge >= 0.3 is 0 Å². The molecule has 4 amide bonds. The van der Waals surface area contributed by atoms with E-state index >= 15 is 0 Å². The first-order valence-electron chi connectivity index (χ1n) is 10.9. The molecule has 1 aromatic rings. The van der Waals surface area contributed by atoms with Crippen LogP contribution in [-0.4, -0.2) is 85.3 Å². The number of fused-ring (bicyclic) bond motifs is 1. The van der Waals surface area contributed by atoms with Crippen LogP contribution in [0.25, 0.3) is 0 Å². The number of nitrogens with zero attached hydrogens (tertiary/aromatic N) is 3. The van der Waals surface area contributed by atoms with Crippen LogP contribution in [-0.2, 0) is 9.59 Å². The molecule has 3 fully saturated rings. The molecule has 4 aliphatic heterocycles. The number of hydrogen-bond acceptors (Lipinski definition) is 7. The Bertz CT molecular complexity index is 965. The van der Waals surface area contributed by atoms with Crippen LogP contribution in [0.4, 0.5) is 5.69 Å². The van der Waals surface area contributed by atoms with Crippen LogP contribution in [0, 0.1) is 5.41 Å². The van der Waals surface area contributed by atoms with E-state index in [-0.39, 0.29) is 24.2 Å². The van der Waals surface area contributed by atoms with Crippen molar-refractivity contribution < 1.29 is 19.2 Å². The lowest BCUT2D eigenvalue weighted by Gasteiger charge is -2.51. The molecule has 9 nitrogen and oxygen atoms in total. The molecule has 0 radical (unpaired) electrons. The summed E-state index contributed by atoms with van der Waals surface area (Å²) in [6, 6.07) is 4.40. The fourth-order valence-corrected chi connectivity index (χ4v) is 5.22. The highest BCUT2D eigenvalue weighted by atomic mass is 16.2. The van der Waals surface area contributed by atoms with Gasteiger partial charge in [-0.25, -0.2) is 0 Å². The highest BCUT2D eigenvalue weighted by Gasteiger charge is 2.46.